The van der Waals surface area contributed by atoms with E-state index >= 15 is 0 Å². The van der Waals surface area contributed by atoms with E-state index in [9.17, 15) is 13.2 Å². The van der Waals surface area contributed by atoms with Gasteiger partial charge in [-0.3, -0.25) is 9.80 Å². The van der Waals surface area contributed by atoms with Gasteiger partial charge in [-0.15, -0.1) is 4.83 Å². The summed E-state index contributed by atoms with van der Waals surface area (Å²) in [4.78, 5) is 14.6. The van der Waals surface area contributed by atoms with Gasteiger partial charge in [0.25, 0.3) is 15.9 Å². The molecule has 1 N–H and O–H groups in total. The maximum Gasteiger partial charge on any atom is 0.270 e. The maximum atomic E-state index is 12.3. The summed E-state index contributed by atoms with van der Waals surface area (Å²) in [6.45, 7) is 0.188. The van der Waals surface area contributed by atoms with E-state index in [0.29, 0.717) is 0 Å². The first-order valence-corrected chi connectivity index (χ1v) is 7.53. The van der Waals surface area contributed by atoms with Crippen molar-refractivity contribution in [2.45, 2.75) is 11.4 Å². The number of hydrogen-bond acceptors (Lipinski definition) is 3. The third kappa shape index (κ3) is 2.19. The second-order valence-corrected chi connectivity index (χ2v) is 6.10. The Bertz CT molecular complexity index is 757. The number of nitrogens with one attached hydrogen (secondary N) is 1. The number of fused-ring (bicyclic) bond motifs is 1. The van der Waals surface area contributed by atoms with Crippen molar-refractivity contribution < 1.29 is 13.2 Å². The van der Waals surface area contributed by atoms with Crippen LogP contribution in [0.5, 0.6) is 0 Å². The Morgan fingerprint density at radius 3 is 2.35 bits per heavy atom. The first kappa shape index (κ1) is 12.8. The second-order valence-electron chi connectivity index (χ2n) is 4.47. The van der Waals surface area contributed by atoms with Gasteiger partial charge in [0, 0.05) is 0 Å². The normalized spacial score (nSPS) is 16.8. The Hall–Kier alpha value is -2.18. The highest BCUT2D eigenvalue weighted by molar-refractivity contribution is 7.89. The summed E-state index contributed by atoms with van der Waals surface area (Å²) in [5, 5.41) is 1.12. The third-order valence-electron chi connectivity index (χ3n) is 3.07. The molecule has 0 radical (unpaired) electrons. The lowest BCUT2D eigenvalue weighted by molar-refractivity contribution is 0.0687. The summed E-state index contributed by atoms with van der Waals surface area (Å²) in [6, 6.07) is 15.4. The van der Waals surface area contributed by atoms with Crippen LogP contribution in [0.1, 0.15) is 15.9 Å². The highest BCUT2D eigenvalue weighted by atomic mass is 32.2. The van der Waals surface area contributed by atoms with Crippen LogP contribution in [0.3, 0.4) is 0 Å². The lowest BCUT2D eigenvalue weighted by Crippen LogP contribution is -2.49. The molecular formula is C14H12N2O3S. The second kappa shape index (κ2) is 4.73. The molecule has 0 aromatic heterocycles. The van der Waals surface area contributed by atoms with Gasteiger partial charge in [0.05, 0.1) is 17.0 Å². The minimum atomic E-state index is -3.69. The Morgan fingerprint density at radius 1 is 0.950 bits per heavy atom. The molecule has 1 aliphatic heterocycles. The fraction of sp³-hybridized carbons (Fsp3) is 0.0714. The van der Waals surface area contributed by atoms with Gasteiger partial charge < -0.3 is 0 Å². The topological polar surface area (TPSA) is 66.5 Å². The Labute approximate surface area is 116 Å². The van der Waals surface area contributed by atoms with E-state index in [4.69, 9.17) is 0 Å². The van der Waals surface area contributed by atoms with Crippen molar-refractivity contribution in [3.05, 3.63) is 65.7 Å². The van der Waals surface area contributed by atoms with Crippen LogP contribution in [-0.4, -0.2) is 19.3 Å². The monoisotopic (exact) mass is 288 g/mol. The fourth-order valence-corrected chi connectivity index (χ4v) is 3.37. The van der Waals surface area contributed by atoms with Crippen LogP contribution in [0.25, 0.3) is 0 Å². The molecule has 20 heavy (non-hydrogen) atoms. The molecule has 3 rings (SSSR count). The third-order valence-corrected chi connectivity index (χ3v) is 4.46. The van der Waals surface area contributed by atoms with E-state index in [1.165, 1.54) is 12.1 Å². The molecule has 2 aromatic carbocycles. The van der Waals surface area contributed by atoms with Crippen molar-refractivity contribution in [2.75, 3.05) is 0 Å². The van der Waals surface area contributed by atoms with E-state index < -0.39 is 10.0 Å². The lowest BCUT2D eigenvalue weighted by Gasteiger charge is -2.28. The standard InChI is InChI=1S/C14H12N2O3S/c17-14-12-8-4-5-9-13(12)20(18,19)15-16(14)10-11-6-2-1-3-7-11/h1-9,15H,10H2. The van der Waals surface area contributed by atoms with Crippen molar-refractivity contribution in [1.82, 2.24) is 9.84 Å². The number of hydrogen-bond donors (Lipinski definition) is 1. The molecule has 2 aromatic rings. The van der Waals surface area contributed by atoms with Crippen LogP contribution in [0, 0.1) is 0 Å². The molecule has 1 aliphatic rings. The van der Waals surface area contributed by atoms with Crippen molar-refractivity contribution in [3.63, 3.8) is 0 Å². The van der Waals surface area contributed by atoms with E-state index in [2.05, 4.69) is 4.83 Å². The molecule has 102 valence electrons. The smallest absolute Gasteiger partial charge is 0.268 e. The predicted molar refractivity (Wildman–Crippen MR) is 73.1 cm³/mol. The molecule has 0 aliphatic carbocycles. The molecule has 0 bridgehead atoms. The van der Waals surface area contributed by atoms with Gasteiger partial charge in [-0.05, 0) is 17.7 Å². The number of amides is 1. The molecule has 0 atom stereocenters. The van der Waals surface area contributed by atoms with E-state index in [1.54, 1.807) is 12.1 Å². The Balaban J connectivity index is 1.99. The molecule has 0 spiro atoms. The number of hydrazine groups is 1. The molecule has 5 nitrogen and oxygen atoms in total. The molecule has 0 fully saturated rings. The van der Waals surface area contributed by atoms with Crippen LogP contribution in [0.4, 0.5) is 0 Å². The largest absolute Gasteiger partial charge is 0.270 e. The molecule has 1 amide bonds. The first-order valence-electron chi connectivity index (χ1n) is 6.05. The number of benzene rings is 2. The predicted octanol–water partition coefficient (Wildman–Crippen LogP) is 1.54. The highest BCUT2D eigenvalue weighted by Crippen LogP contribution is 2.22. The molecule has 1 heterocycles. The van der Waals surface area contributed by atoms with Crippen LogP contribution < -0.4 is 4.83 Å². The summed E-state index contributed by atoms with van der Waals surface area (Å²) < 4.78 is 24.2. The summed E-state index contributed by atoms with van der Waals surface area (Å²) >= 11 is 0. The fourth-order valence-electron chi connectivity index (χ4n) is 2.13. The average molecular weight is 288 g/mol. The molecular weight excluding hydrogens is 276 g/mol. The maximum absolute atomic E-state index is 12.3. The van der Waals surface area contributed by atoms with Gasteiger partial charge in [0.2, 0.25) is 0 Å². The first-order chi connectivity index (χ1) is 9.58. The van der Waals surface area contributed by atoms with Crippen molar-refractivity contribution in [3.8, 4) is 0 Å². The molecule has 0 saturated heterocycles. The van der Waals surface area contributed by atoms with Crippen LogP contribution in [0.2, 0.25) is 0 Å². The van der Waals surface area contributed by atoms with Crippen molar-refractivity contribution >= 4 is 15.9 Å². The van der Waals surface area contributed by atoms with E-state index in [-0.39, 0.29) is 22.9 Å². The summed E-state index contributed by atoms with van der Waals surface area (Å²) in [5.74, 6) is -0.348. The Kier molecular flexibility index (Phi) is 3.04. The number of sulfonamides is 1. The minimum absolute atomic E-state index is 0.0225. The van der Waals surface area contributed by atoms with E-state index in [1.807, 2.05) is 30.3 Å². The zero-order valence-corrected chi connectivity index (χ0v) is 11.3. The summed E-state index contributed by atoms with van der Waals surface area (Å²) in [7, 11) is -3.69. The zero-order valence-electron chi connectivity index (χ0n) is 10.5. The number of carbonyl (C=O) groups is 1. The molecule has 0 saturated carbocycles. The van der Waals surface area contributed by atoms with Gasteiger partial charge >= 0.3 is 0 Å². The Morgan fingerprint density at radius 2 is 1.60 bits per heavy atom. The van der Waals surface area contributed by atoms with Gasteiger partial charge in [0.1, 0.15) is 0 Å². The van der Waals surface area contributed by atoms with Gasteiger partial charge in [0.15, 0.2) is 0 Å². The number of rotatable bonds is 2. The quantitative estimate of drug-likeness (QED) is 0.911. The van der Waals surface area contributed by atoms with Gasteiger partial charge in [-0.2, -0.15) is 0 Å². The van der Waals surface area contributed by atoms with Crippen molar-refractivity contribution in [1.29, 1.82) is 0 Å². The summed E-state index contributed by atoms with van der Waals surface area (Å²) in [6.07, 6.45) is 0. The lowest BCUT2D eigenvalue weighted by atomic mass is 10.2. The van der Waals surface area contributed by atoms with Crippen molar-refractivity contribution in [2.24, 2.45) is 0 Å². The van der Waals surface area contributed by atoms with E-state index in [0.717, 1.165) is 10.6 Å². The summed E-state index contributed by atoms with van der Waals surface area (Å²) in [5.41, 5.74) is 1.05. The highest BCUT2D eigenvalue weighted by Gasteiger charge is 2.33. The van der Waals surface area contributed by atoms with Crippen LogP contribution in [-0.2, 0) is 16.6 Å². The van der Waals surface area contributed by atoms with Gasteiger partial charge in [-0.1, -0.05) is 42.5 Å². The zero-order chi connectivity index (χ0) is 14.2. The number of carbonyl (C=O) groups excluding carboxylic acids is 1. The SMILES string of the molecule is O=C1c2ccccc2S(=O)(=O)NN1Cc1ccccc1. The minimum Gasteiger partial charge on any atom is -0.268 e. The van der Waals surface area contributed by atoms with Crippen LogP contribution >= 0.6 is 0 Å². The van der Waals surface area contributed by atoms with Gasteiger partial charge in [-0.25, -0.2) is 8.42 Å². The molecule has 6 heteroatoms. The molecule has 0 unspecified atom stereocenters. The van der Waals surface area contributed by atoms with Crippen LogP contribution in [0.15, 0.2) is 59.5 Å². The average Bonchev–Trinajstić information content (AvgIpc) is 2.46. The number of nitrogens with zero attached hydrogens (tertiary/aromatic N) is 1.